The Kier molecular flexibility index (Phi) is 7.27. The highest BCUT2D eigenvalue weighted by atomic mass is 32.2. The Balaban J connectivity index is 2.18. The molecule has 0 saturated carbocycles. The van der Waals surface area contributed by atoms with Crippen molar-refractivity contribution in [1.82, 2.24) is 4.72 Å². The largest absolute Gasteiger partial charge is 0.497 e. The lowest BCUT2D eigenvalue weighted by atomic mass is 9.97. The van der Waals surface area contributed by atoms with Crippen molar-refractivity contribution in [2.24, 2.45) is 0 Å². The van der Waals surface area contributed by atoms with Crippen LogP contribution in [-0.2, 0) is 10.0 Å². The van der Waals surface area contributed by atoms with Crippen LogP contribution in [0.5, 0.6) is 23.0 Å². The molecular formula is C24H27NO6S. The van der Waals surface area contributed by atoms with Crippen molar-refractivity contribution < 1.29 is 27.4 Å². The maximum atomic E-state index is 13.3. The highest BCUT2D eigenvalue weighted by molar-refractivity contribution is 7.89. The first-order chi connectivity index (χ1) is 15.3. The molecule has 7 nitrogen and oxygen atoms in total. The van der Waals surface area contributed by atoms with Crippen LogP contribution in [0.3, 0.4) is 0 Å². The molecule has 3 aromatic carbocycles. The predicted octanol–water partition coefficient (Wildman–Crippen LogP) is 4.10. The number of methoxy groups -OCH3 is 4. The normalized spacial score (nSPS) is 12.2. The van der Waals surface area contributed by atoms with Gasteiger partial charge in [0.25, 0.3) is 0 Å². The summed E-state index contributed by atoms with van der Waals surface area (Å²) in [6, 6.07) is 16.4. The second-order valence-corrected chi connectivity index (χ2v) is 8.80. The fourth-order valence-electron chi connectivity index (χ4n) is 3.35. The summed E-state index contributed by atoms with van der Waals surface area (Å²) < 4.78 is 51.2. The van der Waals surface area contributed by atoms with Gasteiger partial charge in [0.1, 0.15) is 23.0 Å². The summed E-state index contributed by atoms with van der Waals surface area (Å²) in [6.45, 7) is 1.90. The SMILES string of the molecule is COc1ccc(C(NS(=O)(=O)c2ccc(C)cc2)c2c(OC)cc(OC)cc2OC)cc1. The summed E-state index contributed by atoms with van der Waals surface area (Å²) in [5.41, 5.74) is 2.18. The topological polar surface area (TPSA) is 83.1 Å². The molecule has 0 fully saturated rings. The van der Waals surface area contributed by atoms with E-state index in [1.165, 1.54) is 21.3 Å². The van der Waals surface area contributed by atoms with Gasteiger partial charge in [-0.1, -0.05) is 29.8 Å². The van der Waals surface area contributed by atoms with Gasteiger partial charge in [0, 0.05) is 12.1 Å². The Morgan fingerprint density at radius 1 is 0.719 bits per heavy atom. The van der Waals surface area contributed by atoms with E-state index in [0.717, 1.165) is 5.56 Å². The molecule has 0 heterocycles. The molecule has 0 aliphatic carbocycles. The minimum atomic E-state index is -3.88. The Hall–Kier alpha value is -3.23. The maximum absolute atomic E-state index is 13.3. The summed E-state index contributed by atoms with van der Waals surface area (Å²) in [4.78, 5) is 0.160. The maximum Gasteiger partial charge on any atom is 0.241 e. The van der Waals surface area contributed by atoms with Crippen LogP contribution >= 0.6 is 0 Å². The van der Waals surface area contributed by atoms with E-state index in [1.807, 2.05) is 6.92 Å². The first-order valence-corrected chi connectivity index (χ1v) is 11.3. The van der Waals surface area contributed by atoms with Crippen molar-refractivity contribution >= 4 is 10.0 Å². The summed E-state index contributed by atoms with van der Waals surface area (Å²) in [6.07, 6.45) is 0. The molecule has 0 aromatic heterocycles. The highest BCUT2D eigenvalue weighted by Gasteiger charge is 2.29. The molecule has 0 amide bonds. The zero-order chi connectivity index (χ0) is 23.3. The molecule has 1 N–H and O–H groups in total. The summed E-state index contributed by atoms with van der Waals surface area (Å²) >= 11 is 0. The molecule has 1 unspecified atom stereocenters. The number of hydrogen-bond acceptors (Lipinski definition) is 6. The third-order valence-corrected chi connectivity index (χ3v) is 6.53. The monoisotopic (exact) mass is 457 g/mol. The Morgan fingerprint density at radius 3 is 1.72 bits per heavy atom. The van der Waals surface area contributed by atoms with Crippen molar-refractivity contribution in [1.29, 1.82) is 0 Å². The van der Waals surface area contributed by atoms with Crippen LogP contribution < -0.4 is 23.7 Å². The number of rotatable bonds is 9. The van der Waals surface area contributed by atoms with Crippen molar-refractivity contribution in [3.05, 3.63) is 77.4 Å². The highest BCUT2D eigenvalue weighted by Crippen LogP contribution is 2.41. The smallest absolute Gasteiger partial charge is 0.241 e. The van der Waals surface area contributed by atoms with Crippen molar-refractivity contribution in [2.75, 3.05) is 28.4 Å². The van der Waals surface area contributed by atoms with Gasteiger partial charge in [-0.05, 0) is 36.8 Å². The van der Waals surface area contributed by atoms with E-state index in [0.29, 0.717) is 34.1 Å². The third-order valence-electron chi connectivity index (χ3n) is 5.10. The molecule has 3 aromatic rings. The zero-order valence-electron chi connectivity index (χ0n) is 18.7. The molecule has 0 radical (unpaired) electrons. The van der Waals surface area contributed by atoms with Gasteiger partial charge in [-0.25, -0.2) is 8.42 Å². The Morgan fingerprint density at radius 2 is 1.25 bits per heavy atom. The zero-order valence-corrected chi connectivity index (χ0v) is 19.5. The lowest BCUT2D eigenvalue weighted by Crippen LogP contribution is -2.30. The second kappa shape index (κ2) is 9.93. The van der Waals surface area contributed by atoms with E-state index in [-0.39, 0.29) is 4.90 Å². The van der Waals surface area contributed by atoms with E-state index in [2.05, 4.69) is 4.72 Å². The minimum absolute atomic E-state index is 0.160. The van der Waals surface area contributed by atoms with Crippen molar-refractivity contribution in [3.63, 3.8) is 0 Å². The average Bonchev–Trinajstić information content (AvgIpc) is 2.82. The molecule has 0 aliphatic heterocycles. The molecule has 0 aliphatic rings. The van der Waals surface area contributed by atoms with E-state index in [4.69, 9.17) is 18.9 Å². The number of hydrogen-bond donors (Lipinski definition) is 1. The van der Waals surface area contributed by atoms with Gasteiger partial charge in [-0.3, -0.25) is 0 Å². The van der Waals surface area contributed by atoms with Crippen molar-refractivity contribution in [2.45, 2.75) is 17.9 Å². The van der Waals surface area contributed by atoms with Crippen LogP contribution in [0.1, 0.15) is 22.7 Å². The van der Waals surface area contributed by atoms with Crippen LogP contribution in [0.15, 0.2) is 65.6 Å². The molecule has 32 heavy (non-hydrogen) atoms. The molecule has 1 atom stereocenters. The Labute approximate surface area is 189 Å². The molecular weight excluding hydrogens is 430 g/mol. The molecule has 0 saturated heterocycles. The van der Waals surface area contributed by atoms with Crippen LogP contribution in [-0.4, -0.2) is 36.9 Å². The lowest BCUT2D eigenvalue weighted by Gasteiger charge is -2.24. The van der Waals surface area contributed by atoms with Gasteiger partial charge >= 0.3 is 0 Å². The first-order valence-electron chi connectivity index (χ1n) is 9.85. The standard InChI is InChI=1S/C24H27NO6S/c1-16-6-12-20(13-7-16)32(26,27)25-24(17-8-10-18(28-2)11-9-17)23-21(30-4)14-19(29-3)15-22(23)31-5/h6-15,24-25H,1-5H3. The van der Waals surface area contributed by atoms with Gasteiger partial charge in [0.2, 0.25) is 10.0 Å². The van der Waals surface area contributed by atoms with Gasteiger partial charge < -0.3 is 18.9 Å². The molecule has 3 rings (SSSR count). The molecule has 8 heteroatoms. The van der Waals surface area contributed by atoms with E-state index >= 15 is 0 Å². The van der Waals surface area contributed by atoms with Gasteiger partial charge in [-0.15, -0.1) is 0 Å². The van der Waals surface area contributed by atoms with E-state index in [9.17, 15) is 8.42 Å². The summed E-state index contributed by atoms with van der Waals surface area (Å²) in [5, 5.41) is 0. The fraction of sp³-hybridized carbons (Fsp3) is 0.250. The molecule has 0 bridgehead atoms. The predicted molar refractivity (Wildman–Crippen MR) is 122 cm³/mol. The number of benzene rings is 3. The Bertz CT molecular complexity index is 1130. The van der Waals surface area contributed by atoms with E-state index in [1.54, 1.807) is 67.8 Å². The number of nitrogens with one attached hydrogen (secondary N) is 1. The second-order valence-electron chi connectivity index (χ2n) is 7.09. The first kappa shape index (κ1) is 23.4. The van der Waals surface area contributed by atoms with Crippen LogP contribution in [0.2, 0.25) is 0 Å². The van der Waals surface area contributed by atoms with Gasteiger partial charge in [0.05, 0.1) is 44.9 Å². The van der Waals surface area contributed by atoms with Gasteiger partial charge in [-0.2, -0.15) is 4.72 Å². The number of ether oxygens (including phenoxy) is 4. The minimum Gasteiger partial charge on any atom is -0.497 e. The fourth-order valence-corrected chi connectivity index (χ4v) is 4.54. The average molecular weight is 458 g/mol. The number of sulfonamides is 1. The van der Waals surface area contributed by atoms with Gasteiger partial charge in [0.15, 0.2) is 0 Å². The van der Waals surface area contributed by atoms with Crippen LogP contribution in [0, 0.1) is 6.92 Å². The van der Waals surface area contributed by atoms with Crippen molar-refractivity contribution in [3.8, 4) is 23.0 Å². The van der Waals surface area contributed by atoms with Crippen LogP contribution in [0.4, 0.5) is 0 Å². The third kappa shape index (κ3) is 4.98. The van der Waals surface area contributed by atoms with Crippen LogP contribution in [0.25, 0.3) is 0 Å². The lowest BCUT2D eigenvalue weighted by molar-refractivity contribution is 0.365. The molecule has 170 valence electrons. The molecule has 0 spiro atoms. The summed E-state index contributed by atoms with van der Waals surface area (Å²) in [7, 11) is 2.25. The van der Waals surface area contributed by atoms with E-state index < -0.39 is 16.1 Å². The summed E-state index contributed by atoms with van der Waals surface area (Å²) in [5.74, 6) is 2.03. The number of aryl methyl sites for hydroxylation is 1. The quantitative estimate of drug-likeness (QED) is 0.521.